The third kappa shape index (κ3) is 5.40. The van der Waals surface area contributed by atoms with Crippen molar-refractivity contribution < 1.29 is 14.9 Å². The van der Waals surface area contributed by atoms with E-state index in [9.17, 15) is 4.79 Å². The van der Waals surface area contributed by atoms with Crippen molar-refractivity contribution in [3.8, 4) is 5.75 Å². The number of rotatable bonds is 8. The second-order valence-electron chi connectivity index (χ2n) is 7.63. The summed E-state index contributed by atoms with van der Waals surface area (Å²) in [6.45, 7) is 4.23. The minimum Gasteiger partial charge on any atom is -0.497 e. The molecule has 32 heavy (non-hydrogen) atoms. The zero-order valence-corrected chi connectivity index (χ0v) is 18.1. The van der Waals surface area contributed by atoms with Crippen LogP contribution in [-0.4, -0.2) is 54.0 Å². The molecular weight excluding hydrogens is 406 g/mol. The molecule has 166 valence electrons. The largest absolute Gasteiger partial charge is 0.497 e. The summed E-state index contributed by atoms with van der Waals surface area (Å²) in [6.07, 6.45) is 0. The van der Waals surface area contributed by atoms with Gasteiger partial charge in [-0.1, -0.05) is 24.3 Å². The molecule has 4 N–H and O–H groups in total. The predicted molar refractivity (Wildman–Crippen MR) is 123 cm³/mol. The predicted octanol–water partition coefficient (Wildman–Crippen LogP) is 0.819. The van der Waals surface area contributed by atoms with Gasteiger partial charge in [0.2, 0.25) is 11.5 Å². The van der Waals surface area contributed by atoms with E-state index in [4.69, 9.17) is 14.9 Å². The average molecular weight is 435 g/mol. The van der Waals surface area contributed by atoms with E-state index in [1.807, 2.05) is 48.5 Å². The third-order valence-electron chi connectivity index (χ3n) is 5.40. The SMILES string of the molecule is COc1ccc(CNc2ccccc2C(=[NH2+])c2nc(CN3CCOCC3)cc(=O)[nH]2)cc1. The Bertz CT molecular complexity index is 1120. The number of morpholine rings is 1. The number of H-pyrrole nitrogens is 1. The molecule has 1 aliphatic rings. The summed E-state index contributed by atoms with van der Waals surface area (Å²) in [5.41, 5.74) is 3.65. The fraction of sp³-hybridized carbons (Fsp3) is 0.292. The van der Waals surface area contributed by atoms with Crippen LogP contribution in [0.2, 0.25) is 0 Å². The maximum Gasteiger partial charge on any atom is 0.251 e. The van der Waals surface area contributed by atoms with Crippen molar-refractivity contribution in [1.29, 1.82) is 0 Å². The molecular formula is C24H28N5O3+. The lowest BCUT2D eigenvalue weighted by molar-refractivity contribution is -0.112. The maximum absolute atomic E-state index is 12.3. The number of anilines is 1. The molecule has 0 radical (unpaired) electrons. The maximum atomic E-state index is 12.3. The molecule has 2 aromatic carbocycles. The Kier molecular flexibility index (Phi) is 6.94. The van der Waals surface area contributed by atoms with Gasteiger partial charge in [0, 0.05) is 37.9 Å². The van der Waals surface area contributed by atoms with Gasteiger partial charge in [-0.2, -0.15) is 0 Å². The number of hydrogen-bond acceptors (Lipinski definition) is 6. The molecule has 2 heterocycles. The molecule has 0 saturated carbocycles. The summed E-state index contributed by atoms with van der Waals surface area (Å²) in [7, 11) is 1.65. The monoisotopic (exact) mass is 434 g/mol. The molecule has 1 fully saturated rings. The lowest BCUT2D eigenvalue weighted by Crippen LogP contribution is -2.43. The van der Waals surface area contributed by atoms with Crippen molar-refractivity contribution >= 4 is 11.4 Å². The van der Waals surface area contributed by atoms with Crippen molar-refractivity contribution in [3.63, 3.8) is 0 Å². The van der Waals surface area contributed by atoms with Gasteiger partial charge in [-0.3, -0.25) is 15.1 Å². The Hall–Kier alpha value is -3.49. The highest BCUT2D eigenvalue weighted by Crippen LogP contribution is 2.19. The Morgan fingerprint density at radius 2 is 1.94 bits per heavy atom. The zero-order chi connectivity index (χ0) is 22.3. The summed E-state index contributed by atoms with van der Waals surface area (Å²) in [5.74, 6) is 1.19. The Morgan fingerprint density at radius 3 is 2.69 bits per heavy atom. The second kappa shape index (κ2) is 10.2. The number of para-hydroxylation sites is 1. The van der Waals surface area contributed by atoms with Crippen molar-refractivity contribution in [2.45, 2.75) is 13.1 Å². The zero-order valence-electron chi connectivity index (χ0n) is 18.1. The van der Waals surface area contributed by atoms with Gasteiger partial charge in [0.15, 0.2) is 0 Å². The van der Waals surface area contributed by atoms with Gasteiger partial charge in [0.05, 0.1) is 31.6 Å². The van der Waals surface area contributed by atoms with E-state index in [1.54, 1.807) is 7.11 Å². The summed E-state index contributed by atoms with van der Waals surface area (Å²) in [6, 6.07) is 17.1. The van der Waals surface area contributed by atoms with Crippen molar-refractivity contribution in [2.24, 2.45) is 0 Å². The van der Waals surface area contributed by atoms with Crippen molar-refractivity contribution in [1.82, 2.24) is 14.9 Å². The first-order valence-electron chi connectivity index (χ1n) is 10.6. The van der Waals surface area contributed by atoms with E-state index in [0.29, 0.717) is 43.5 Å². The first-order chi connectivity index (χ1) is 15.6. The van der Waals surface area contributed by atoms with Crippen LogP contribution < -0.4 is 21.0 Å². The number of aromatic amines is 1. The number of aromatic nitrogens is 2. The summed E-state index contributed by atoms with van der Waals surface area (Å²) >= 11 is 0. The van der Waals surface area contributed by atoms with Crippen LogP contribution in [0.3, 0.4) is 0 Å². The van der Waals surface area contributed by atoms with Crippen LogP contribution in [0.5, 0.6) is 5.75 Å². The molecule has 0 unspecified atom stereocenters. The summed E-state index contributed by atoms with van der Waals surface area (Å²) in [4.78, 5) is 21.9. The standard InChI is InChI=1S/C24H27N5O3/c1-31-19-8-6-17(7-9-19)15-26-21-5-3-2-4-20(21)23(25)24-27-18(14-22(30)28-24)16-29-10-12-32-13-11-29/h2-9,14,25-26H,10-13,15-16H2,1H3,(H,27,28,30)/p+1. The number of methoxy groups -OCH3 is 1. The molecule has 4 rings (SSSR count). The van der Waals surface area contributed by atoms with Gasteiger partial charge in [-0.05, 0) is 29.8 Å². The van der Waals surface area contributed by atoms with E-state index in [2.05, 4.69) is 20.2 Å². The minimum absolute atomic E-state index is 0.218. The van der Waals surface area contributed by atoms with Crippen LogP contribution in [0.25, 0.3) is 0 Å². The Labute approximate surface area is 186 Å². The van der Waals surface area contributed by atoms with Crippen molar-refractivity contribution in [2.75, 3.05) is 38.7 Å². The highest BCUT2D eigenvalue weighted by atomic mass is 16.5. The Morgan fingerprint density at radius 1 is 1.19 bits per heavy atom. The number of nitrogens with one attached hydrogen (secondary N) is 2. The Balaban J connectivity index is 1.52. The van der Waals surface area contributed by atoms with Crippen LogP contribution >= 0.6 is 0 Å². The molecule has 0 aliphatic carbocycles. The van der Waals surface area contributed by atoms with Crippen molar-refractivity contribution in [3.05, 3.63) is 87.6 Å². The number of nitrogens with two attached hydrogens (primary N) is 1. The van der Waals surface area contributed by atoms with Gasteiger partial charge in [-0.25, -0.2) is 4.98 Å². The fourth-order valence-electron chi connectivity index (χ4n) is 3.65. The van der Waals surface area contributed by atoms with Gasteiger partial charge in [0.1, 0.15) is 5.75 Å². The molecule has 3 aromatic rings. The smallest absolute Gasteiger partial charge is 0.251 e. The quantitative estimate of drug-likeness (QED) is 0.454. The summed E-state index contributed by atoms with van der Waals surface area (Å²) < 4.78 is 10.6. The molecule has 0 bridgehead atoms. The van der Waals surface area contributed by atoms with Crippen LogP contribution in [-0.2, 0) is 17.8 Å². The number of nitrogens with zero attached hydrogens (tertiary/aromatic N) is 2. The fourth-order valence-corrected chi connectivity index (χ4v) is 3.65. The van der Waals surface area contributed by atoms with Gasteiger partial charge >= 0.3 is 0 Å². The highest BCUT2D eigenvalue weighted by Gasteiger charge is 2.19. The van der Waals surface area contributed by atoms with Crippen LogP contribution in [0.4, 0.5) is 5.69 Å². The molecule has 1 aromatic heterocycles. The summed E-state index contributed by atoms with van der Waals surface area (Å²) in [5, 5.41) is 9.92. The first-order valence-corrected chi connectivity index (χ1v) is 10.6. The van der Waals surface area contributed by atoms with E-state index in [0.717, 1.165) is 35.7 Å². The van der Waals surface area contributed by atoms with Gasteiger partial charge in [0.25, 0.3) is 5.56 Å². The lowest BCUT2D eigenvalue weighted by Gasteiger charge is -2.26. The normalized spacial score (nSPS) is 14.2. The first kappa shape index (κ1) is 21.7. The van der Waals surface area contributed by atoms with E-state index in [-0.39, 0.29) is 5.56 Å². The van der Waals surface area contributed by atoms with Crippen LogP contribution in [0.1, 0.15) is 22.6 Å². The third-order valence-corrected chi connectivity index (χ3v) is 5.40. The molecule has 1 aliphatic heterocycles. The topological polar surface area (TPSA) is 105 Å². The molecule has 0 amide bonds. The van der Waals surface area contributed by atoms with Crippen LogP contribution in [0, 0.1) is 0 Å². The van der Waals surface area contributed by atoms with E-state index in [1.165, 1.54) is 6.07 Å². The molecule has 8 nitrogen and oxygen atoms in total. The van der Waals surface area contributed by atoms with E-state index < -0.39 is 0 Å². The molecule has 0 spiro atoms. The van der Waals surface area contributed by atoms with E-state index >= 15 is 0 Å². The minimum atomic E-state index is -0.218. The number of benzene rings is 2. The molecule has 8 heteroatoms. The number of hydrogen-bond donors (Lipinski definition) is 3. The average Bonchev–Trinajstić information content (AvgIpc) is 2.83. The van der Waals surface area contributed by atoms with Gasteiger partial charge in [-0.15, -0.1) is 0 Å². The molecule has 1 saturated heterocycles. The highest BCUT2D eigenvalue weighted by molar-refractivity contribution is 6.09. The molecule has 0 atom stereocenters. The van der Waals surface area contributed by atoms with Gasteiger partial charge < -0.3 is 19.8 Å². The number of ether oxygens (including phenoxy) is 2. The van der Waals surface area contributed by atoms with Crippen LogP contribution in [0.15, 0.2) is 59.4 Å². The lowest BCUT2D eigenvalue weighted by atomic mass is 10.1. The second-order valence-corrected chi connectivity index (χ2v) is 7.63.